The van der Waals surface area contributed by atoms with E-state index in [4.69, 9.17) is 0 Å². The van der Waals surface area contributed by atoms with Crippen molar-refractivity contribution in [3.63, 3.8) is 0 Å². The smallest absolute Gasteiger partial charge is 0.0209 e. The first-order chi connectivity index (χ1) is 16.2. The first-order valence-corrected chi connectivity index (χ1v) is 16.0. The lowest BCUT2D eigenvalue weighted by Crippen LogP contribution is -2.50. The van der Waals surface area contributed by atoms with Gasteiger partial charge in [-0.25, -0.2) is 0 Å². The summed E-state index contributed by atoms with van der Waals surface area (Å²) in [6.07, 6.45) is 34.2. The van der Waals surface area contributed by atoms with Crippen LogP contribution in [0.25, 0.3) is 0 Å². The van der Waals surface area contributed by atoms with E-state index in [9.17, 15) is 0 Å². The van der Waals surface area contributed by atoms with Crippen LogP contribution in [0.15, 0.2) is 0 Å². The molecule has 0 radical (unpaired) electrons. The molecule has 0 aromatic carbocycles. The lowest BCUT2D eigenvalue weighted by Gasteiger charge is -2.46. The Hall–Kier alpha value is -0.0400. The second kappa shape index (κ2) is 25.1. The Morgan fingerprint density at radius 3 is 0.939 bits per heavy atom. The summed E-state index contributed by atoms with van der Waals surface area (Å²) in [5.74, 6) is 0. The SMILES string of the molecule is CCCCCCCN(CCCCCC)C(CCCCCC)(CCCCCC)CCCCCC. The molecule has 33 heavy (non-hydrogen) atoms. The maximum Gasteiger partial charge on any atom is 0.0209 e. The highest BCUT2D eigenvalue weighted by atomic mass is 15.2. The van der Waals surface area contributed by atoms with Crippen LogP contribution in [0.5, 0.6) is 0 Å². The Kier molecular flexibility index (Phi) is 25.0. The van der Waals surface area contributed by atoms with Gasteiger partial charge in [-0.3, -0.25) is 4.90 Å². The van der Waals surface area contributed by atoms with Crippen molar-refractivity contribution >= 4 is 0 Å². The molecule has 0 atom stereocenters. The largest absolute Gasteiger partial charge is 0.298 e. The average molecular weight is 466 g/mol. The van der Waals surface area contributed by atoms with E-state index in [2.05, 4.69) is 39.5 Å². The topological polar surface area (TPSA) is 3.24 Å². The Bertz CT molecular complexity index is 332. The van der Waals surface area contributed by atoms with E-state index in [1.54, 1.807) is 0 Å². The van der Waals surface area contributed by atoms with Crippen LogP contribution in [0.4, 0.5) is 0 Å². The monoisotopic (exact) mass is 466 g/mol. The third-order valence-electron chi connectivity index (χ3n) is 7.97. The summed E-state index contributed by atoms with van der Waals surface area (Å²) in [5.41, 5.74) is 0.492. The Balaban J connectivity index is 5.44. The predicted octanol–water partition coefficient (Wildman–Crippen LogP) is 11.5. The maximum absolute atomic E-state index is 3.08. The minimum atomic E-state index is 0.492. The van der Waals surface area contributed by atoms with Gasteiger partial charge in [-0.2, -0.15) is 0 Å². The van der Waals surface area contributed by atoms with E-state index in [1.807, 2.05) is 0 Å². The van der Waals surface area contributed by atoms with Gasteiger partial charge < -0.3 is 0 Å². The highest BCUT2D eigenvalue weighted by Gasteiger charge is 2.34. The zero-order valence-electron chi connectivity index (χ0n) is 24.3. The molecule has 0 rings (SSSR count). The van der Waals surface area contributed by atoms with Crippen LogP contribution < -0.4 is 0 Å². The van der Waals surface area contributed by atoms with Crippen LogP contribution in [0.3, 0.4) is 0 Å². The van der Waals surface area contributed by atoms with Crippen LogP contribution in [0.1, 0.15) is 189 Å². The summed E-state index contributed by atoms with van der Waals surface area (Å²) in [5, 5.41) is 0. The Morgan fingerprint density at radius 1 is 0.333 bits per heavy atom. The van der Waals surface area contributed by atoms with Crippen LogP contribution in [-0.4, -0.2) is 23.5 Å². The Labute approximate surface area is 212 Å². The van der Waals surface area contributed by atoms with Gasteiger partial charge in [0.1, 0.15) is 0 Å². The molecule has 0 N–H and O–H groups in total. The van der Waals surface area contributed by atoms with E-state index in [0.29, 0.717) is 5.54 Å². The third-order valence-corrected chi connectivity index (χ3v) is 7.97. The minimum Gasteiger partial charge on any atom is -0.298 e. The molecule has 0 saturated carbocycles. The molecule has 1 heteroatoms. The number of hydrogen-bond donors (Lipinski definition) is 0. The number of nitrogens with zero attached hydrogens (tertiary/aromatic N) is 1. The van der Waals surface area contributed by atoms with E-state index in [0.717, 1.165) is 0 Å². The number of rotatable bonds is 27. The van der Waals surface area contributed by atoms with Gasteiger partial charge in [0.15, 0.2) is 0 Å². The molecule has 0 bridgehead atoms. The minimum absolute atomic E-state index is 0.492. The van der Waals surface area contributed by atoms with Gasteiger partial charge in [-0.1, -0.05) is 157 Å². The molecule has 0 fully saturated rings. The fourth-order valence-electron chi connectivity index (χ4n) is 5.71. The van der Waals surface area contributed by atoms with Gasteiger partial charge >= 0.3 is 0 Å². The van der Waals surface area contributed by atoms with E-state index >= 15 is 0 Å². The third kappa shape index (κ3) is 18.0. The summed E-state index contributed by atoms with van der Waals surface area (Å²) >= 11 is 0. The second-order valence-electron chi connectivity index (χ2n) is 11.1. The van der Waals surface area contributed by atoms with Crippen molar-refractivity contribution in [2.45, 2.75) is 194 Å². The summed E-state index contributed by atoms with van der Waals surface area (Å²) in [6.45, 7) is 14.5. The van der Waals surface area contributed by atoms with Crippen molar-refractivity contribution in [2.24, 2.45) is 0 Å². The van der Waals surface area contributed by atoms with Crippen molar-refractivity contribution in [1.29, 1.82) is 0 Å². The highest BCUT2D eigenvalue weighted by Crippen LogP contribution is 2.36. The van der Waals surface area contributed by atoms with Gasteiger partial charge in [0.25, 0.3) is 0 Å². The molecule has 0 aromatic heterocycles. The van der Waals surface area contributed by atoms with Crippen LogP contribution in [-0.2, 0) is 0 Å². The van der Waals surface area contributed by atoms with E-state index < -0.39 is 0 Å². The van der Waals surface area contributed by atoms with Crippen molar-refractivity contribution in [3.8, 4) is 0 Å². The normalized spacial score (nSPS) is 12.2. The summed E-state index contributed by atoms with van der Waals surface area (Å²) in [4.78, 5) is 3.08. The van der Waals surface area contributed by atoms with Gasteiger partial charge in [0.2, 0.25) is 0 Å². The van der Waals surface area contributed by atoms with Crippen molar-refractivity contribution in [1.82, 2.24) is 4.90 Å². The molecular weight excluding hydrogens is 398 g/mol. The van der Waals surface area contributed by atoms with Crippen molar-refractivity contribution in [2.75, 3.05) is 13.1 Å². The summed E-state index contributed by atoms with van der Waals surface area (Å²) < 4.78 is 0. The predicted molar refractivity (Wildman–Crippen MR) is 153 cm³/mol. The zero-order valence-corrected chi connectivity index (χ0v) is 24.3. The van der Waals surface area contributed by atoms with Crippen LogP contribution in [0, 0.1) is 0 Å². The maximum atomic E-state index is 3.08. The molecule has 0 aliphatic carbocycles. The van der Waals surface area contributed by atoms with E-state index in [1.165, 1.54) is 167 Å². The molecule has 0 amide bonds. The Morgan fingerprint density at radius 2 is 0.606 bits per heavy atom. The summed E-state index contributed by atoms with van der Waals surface area (Å²) in [7, 11) is 0. The van der Waals surface area contributed by atoms with Crippen molar-refractivity contribution < 1.29 is 0 Å². The zero-order chi connectivity index (χ0) is 24.5. The lowest BCUT2D eigenvalue weighted by molar-refractivity contribution is 0.0487. The van der Waals surface area contributed by atoms with Gasteiger partial charge in [-0.15, -0.1) is 0 Å². The van der Waals surface area contributed by atoms with Gasteiger partial charge in [0.05, 0.1) is 0 Å². The fraction of sp³-hybridized carbons (Fsp3) is 1.00. The molecule has 200 valence electrons. The number of unbranched alkanes of at least 4 members (excludes halogenated alkanes) is 16. The lowest BCUT2D eigenvalue weighted by atomic mass is 9.79. The molecule has 0 aliphatic rings. The first kappa shape index (κ1) is 33.0. The number of hydrogen-bond acceptors (Lipinski definition) is 1. The molecule has 0 saturated heterocycles. The van der Waals surface area contributed by atoms with Crippen molar-refractivity contribution in [3.05, 3.63) is 0 Å². The molecule has 0 spiro atoms. The first-order valence-electron chi connectivity index (χ1n) is 16.0. The van der Waals surface area contributed by atoms with Gasteiger partial charge in [-0.05, 0) is 45.2 Å². The second-order valence-corrected chi connectivity index (χ2v) is 11.1. The highest BCUT2D eigenvalue weighted by molar-refractivity contribution is 4.91. The summed E-state index contributed by atoms with van der Waals surface area (Å²) in [6, 6.07) is 0. The van der Waals surface area contributed by atoms with Gasteiger partial charge in [0, 0.05) is 5.54 Å². The fourth-order valence-corrected chi connectivity index (χ4v) is 5.71. The standard InChI is InChI=1S/C32H67N/c1-6-11-16-21-26-31-33(30-25-20-15-10-5)32(27-22-17-12-7-2,28-23-18-13-8-3)29-24-19-14-9-4/h6-31H2,1-5H3. The molecule has 1 nitrogen and oxygen atoms in total. The molecular formula is C32H67N. The van der Waals surface area contributed by atoms with Crippen LogP contribution >= 0.6 is 0 Å². The van der Waals surface area contributed by atoms with E-state index in [-0.39, 0.29) is 0 Å². The average Bonchev–Trinajstić information content (AvgIpc) is 2.83. The van der Waals surface area contributed by atoms with Crippen LogP contribution in [0.2, 0.25) is 0 Å². The molecule has 0 aromatic rings. The molecule has 0 aliphatic heterocycles. The quantitative estimate of drug-likeness (QED) is 0.109. The molecule has 0 heterocycles. The molecule has 0 unspecified atom stereocenters.